The molecule has 0 saturated heterocycles. The number of aromatic nitrogens is 2. The van der Waals surface area contributed by atoms with E-state index in [0.717, 1.165) is 17.5 Å². The third-order valence-corrected chi connectivity index (χ3v) is 4.10. The van der Waals surface area contributed by atoms with E-state index in [1.807, 2.05) is 4.57 Å². The van der Waals surface area contributed by atoms with Crippen LogP contribution in [0.4, 0.5) is 5.69 Å². The second kappa shape index (κ2) is 4.75. The summed E-state index contributed by atoms with van der Waals surface area (Å²) in [6.45, 7) is 2.24. The lowest BCUT2D eigenvalue weighted by Crippen LogP contribution is -2.06. The van der Waals surface area contributed by atoms with Gasteiger partial charge in [0.1, 0.15) is 11.4 Å². The Balaban J connectivity index is 2.18. The fraction of sp³-hybridized carbons (Fsp3) is 0.231. The number of nitrogens with zero attached hydrogens (tertiary/aromatic N) is 3. The van der Waals surface area contributed by atoms with Crippen molar-refractivity contribution in [3.05, 3.63) is 40.1 Å². The predicted molar refractivity (Wildman–Crippen MR) is 75.0 cm³/mol. The van der Waals surface area contributed by atoms with Gasteiger partial charge in [0.15, 0.2) is 10.9 Å². The number of rotatable bonds is 3. The van der Waals surface area contributed by atoms with Crippen LogP contribution < -0.4 is 0 Å². The van der Waals surface area contributed by atoms with E-state index in [4.69, 9.17) is 0 Å². The molecule has 3 rings (SSSR count). The monoisotopic (exact) mass is 289 g/mol. The van der Waals surface area contributed by atoms with E-state index in [1.54, 1.807) is 23.9 Å². The molecule has 1 aromatic heterocycles. The third kappa shape index (κ3) is 2.00. The first-order valence-corrected chi connectivity index (χ1v) is 7.05. The first-order chi connectivity index (χ1) is 9.58. The molecule has 0 bridgehead atoms. The van der Waals surface area contributed by atoms with E-state index in [0.29, 0.717) is 17.0 Å². The number of thioether (sulfide) groups is 1. The van der Waals surface area contributed by atoms with Crippen molar-refractivity contribution in [1.82, 2.24) is 9.55 Å². The zero-order chi connectivity index (χ0) is 14.3. The summed E-state index contributed by atoms with van der Waals surface area (Å²) in [5.74, 6) is 0.824. The third-order valence-electron chi connectivity index (χ3n) is 3.14. The number of hydrogen-bond donors (Lipinski definition) is 0. The Bertz CT molecular complexity index is 724. The molecular weight excluding hydrogens is 278 g/mol. The number of imidazole rings is 1. The highest BCUT2D eigenvalue weighted by atomic mass is 32.2. The number of non-ortho nitro benzene ring substituents is 1. The molecule has 0 spiro atoms. The number of benzene rings is 1. The number of fused-ring (bicyclic) bond motifs is 1. The molecule has 0 amide bonds. The van der Waals surface area contributed by atoms with Crippen molar-refractivity contribution in [2.45, 2.75) is 18.6 Å². The van der Waals surface area contributed by atoms with E-state index in [2.05, 4.69) is 4.98 Å². The van der Waals surface area contributed by atoms with Gasteiger partial charge in [0, 0.05) is 36.9 Å². The van der Waals surface area contributed by atoms with Gasteiger partial charge >= 0.3 is 0 Å². The van der Waals surface area contributed by atoms with E-state index < -0.39 is 4.92 Å². The maximum Gasteiger partial charge on any atom is 0.270 e. The molecular formula is C13H11N3O3S. The lowest BCUT2D eigenvalue weighted by molar-refractivity contribution is -0.384. The van der Waals surface area contributed by atoms with Gasteiger partial charge in [-0.1, -0.05) is 23.9 Å². The minimum atomic E-state index is -0.449. The summed E-state index contributed by atoms with van der Waals surface area (Å²) in [4.78, 5) is 26.7. The average Bonchev–Trinajstić information content (AvgIpc) is 2.97. The lowest BCUT2D eigenvalue weighted by atomic mass is 10.1. The molecule has 0 radical (unpaired) electrons. The molecule has 2 heterocycles. The minimum Gasteiger partial charge on any atom is -0.315 e. The van der Waals surface area contributed by atoms with E-state index in [-0.39, 0.29) is 11.5 Å². The van der Waals surface area contributed by atoms with Gasteiger partial charge in [0.2, 0.25) is 0 Å². The molecule has 1 aliphatic rings. The first kappa shape index (κ1) is 12.9. The molecule has 0 atom stereocenters. The molecule has 1 aromatic carbocycles. The summed E-state index contributed by atoms with van der Waals surface area (Å²) in [5.41, 5.74) is 1.67. The number of carbonyl (C=O) groups excluding carboxylic acids is 1. The highest BCUT2D eigenvalue weighted by Crippen LogP contribution is 2.34. The Morgan fingerprint density at radius 3 is 3.00 bits per heavy atom. The summed E-state index contributed by atoms with van der Waals surface area (Å²) in [6.07, 6.45) is 0. The van der Waals surface area contributed by atoms with Gasteiger partial charge in [-0.25, -0.2) is 4.98 Å². The Labute approximate surface area is 119 Å². The Morgan fingerprint density at radius 1 is 1.50 bits per heavy atom. The lowest BCUT2D eigenvalue weighted by Gasteiger charge is -2.04. The van der Waals surface area contributed by atoms with E-state index in [1.165, 1.54) is 19.1 Å². The van der Waals surface area contributed by atoms with Crippen LogP contribution in [0.5, 0.6) is 0 Å². The molecule has 20 heavy (non-hydrogen) atoms. The Hall–Kier alpha value is -2.15. The second-order valence-corrected chi connectivity index (χ2v) is 5.52. The standard InChI is InChI=1S/C13H11N3O3S/c1-8(17)12-11(14-13-15(12)5-6-20-13)9-3-2-4-10(7-9)16(18)19/h2-4,7H,5-6H2,1H3. The van der Waals surface area contributed by atoms with Gasteiger partial charge in [-0.05, 0) is 0 Å². The van der Waals surface area contributed by atoms with Crippen LogP contribution in [0, 0.1) is 10.1 Å². The highest BCUT2D eigenvalue weighted by molar-refractivity contribution is 7.99. The zero-order valence-corrected chi connectivity index (χ0v) is 11.5. The number of nitro groups is 1. The van der Waals surface area contributed by atoms with Gasteiger partial charge in [-0.3, -0.25) is 14.9 Å². The maximum atomic E-state index is 11.9. The van der Waals surface area contributed by atoms with Crippen molar-refractivity contribution in [1.29, 1.82) is 0 Å². The smallest absolute Gasteiger partial charge is 0.270 e. The number of Topliss-reactive ketones (excluding diaryl/α,β-unsaturated/α-hetero) is 1. The predicted octanol–water partition coefficient (Wildman–Crippen LogP) is 2.77. The molecule has 102 valence electrons. The number of carbonyl (C=O) groups is 1. The molecule has 0 saturated carbocycles. The molecule has 0 unspecified atom stereocenters. The van der Waals surface area contributed by atoms with Gasteiger partial charge in [-0.15, -0.1) is 0 Å². The molecule has 0 N–H and O–H groups in total. The van der Waals surface area contributed by atoms with Gasteiger partial charge in [0.05, 0.1) is 4.92 Å². The van der Waals surface area contributed by atoms with Crippen molar-refractivity contribution < 1.29 is 9.72 Å². The zero-order valence-electron chi connectivity index (χ0n) is 10.7. The van der Waals surface area contributed by atoms with Gasteiger partial charge in [-0.2, -0.15) is 0 Å². The fourth-order valence-corrected chi connectivity index (χ4v) is 3.25. The van der Waals surface area contributed by atoms with Crippen LogP contribution in [-0.4, -0.2) is 26.0 Å². The van der Waals surface area contributed by atoms with Crippen LogP contribution in [0.1, 0.15) is 17.4 Å². The molecule has 1 aliphatic heterocycles. The number of hydrogen-bond acceptors (Lipinski definition) is 5. The second-order valence-electron chi connectivity index (χ2n) is 4.46. The van der Waals surface area contributed by atoms with Crippen LogP contribution in [0.15, 0.2) is 29.4 Å². The van der Waals surface area contributed by atoms with Crippen LogP contribution in [0.25, 0.3) is 11.3 Å². The molecule has 6 nitrogen and oxygen atoms in total. The minimum absolute atomic E-state index is 0.00202. The summed E-state index contributed by atoms with van der Waals surface area (Å²) in [6, 6.07) is 6.22. The fourth-order valence-electron chi connectivity index (χ4n) is 2.30. The normalized spacial score (nSPS) is 13.2. The van der Waals surface area contributed by atoms with Crippen LogP contribution in [-0.2, 0) is 6.54 Å². The van der Waals surface area contributed by atoms with Gasteiger partial charge < -0.3 is 4.57 Å². The van der Waals surface area contributed by atoms with E-state index >= 15 is 0 Å². The molecule has 0 fully saturated rings. The largest absolute Gasteiger partial charge is 0.315 e. The molecule has 2 aromatic rings. The summed E-state index contributed by atoms with van der Waals surface area (Å²) in [5, 5.41) is 11.7. The summed E-state index contributed by atoms with van der Waals surface area (Å²) in [7, 11) is 0. The van der Waals surface area contributed by atoms with Crippen molar-refractivity contribution in [3.63, 3.8) is 0 Å². The van der Waals surface area contributed by atoms with Crippen LogP contribution in [0.2, 0.25) is 0 Å². The Kier molecular flexibility index (Phi) is 3.06. The number of ketones is 1. The Morgan fingerprint density at radius 2 is 2.30 bits per heavy atom. The average molecular weight is 289 g/mol. The summed E-state index contributed by atoms with van der Waals surface area (Å²) >= 11 is 1.59. The van der Waals surface area contributed by atoms with Crippen molar-refractivity contribution in [2.75, 3.05) is 5.75 Å². The van der Waals surface area contributed by atoms with E-state index in [9.17, 15) is 14.9 Å². The van der Waals surface area contributed by atoms with Crippen molar-refractivity contribution in [3.8, 4) is 11.3 Å². The SMILES string of the molecule is CC(=O)c1c(-c2cccc([N+](=O)[O-])c2)nc2n1CCS2. The first-order valence-electron chi connectivity index (χ1n) is 6.07. The quantitative estimate of drug-likeness (QED) is 0.493. The van der Waals surface area contributed by atoms with Crippen LogP contribution >= 0.6 is 11.8 Å². The highest BCUT2D eigenvalue weighted by Gasteiger charge is 2.25. The van der Waals surface area contributed by atoms with Crippen molar-refractivity contribution >= 4 is 23.2 Å². The van der Waals surface area contributed by atoms with Crippen LogP contribution in [0.3, 0.4) is 0 Å². The topological polar surface area (TPSA) is 78.0 Å². The molecule has 7 heteroatoms. The molecule has 0 aliphatic carbocycles. The van der Waals surface area contributed by atoms with Crippen molar-refractivity contribution in [2.24, 2.45) is 0 Å². The maximum absolute atomic E-state index is 11.9. The van der Waals surface area contributed by atoms with Gasteiger partial charge in [0.25, 0.3) is 5.69 Å². The number of nitro benzene ring substituents is 1. The summed E-state index contributed by atoms with van der Waals surface area (Å²) < 4.78 is 1.89.